The molecule has 1 saturated heterocycles. The molecule has 0 unspecified atom stereocenters. The first kappa shape index (κ1) is 28.0. The van der Waals surface area contributed by atoms with Crippen molar-refractivity contribution in [2.45, 2.75) is 19.3 Å². The lowest BCUT2D eigenvalue weighted by atomic mass is 9.88. The molecule has 0 aliphatic carbocycles. The van der Waals surface area contributed by atoms with Gasteiger partial charge in [-0.1, -0.05) is 60.7 Å². The number of benzene rings is 3. The van der Waals surface area contributed by atoms with Gasteiger partial charge in [-0.25, -0.2) is 14.2 Å². The van der Waals surface area contributed by atoms with Crippen molar-refractivity contribution in [1.82, 2.24) is 14.8 Å². The maximum atomic E-state index is 13.7. The summed E-state index contributed by atoms with van der Waals surface area (Å²) in [5.41, 5.74) is 4.06. The minimum Gasteiger partial charge on any atom is -0.379 e. The second-order valence-electron chi connectivity index (χ2n) is 9.96. The Bertz CT molecular complexity index is 1320. The molecule has 1 aliphatic heterocycles. The van der Waals surface area contributed by atoms with Crippen molar-refractivity contribution in [2.24, 2.45) is 0 Å². The van der Waals surface area contributed by atoms with Gasteiger partial charge < -0.3 is 9.64 Å². The number of thiazole rings is 1. The molecule has 0 bridgehead atoms. The highest BCUT2D eigenvalue weighted by Crippen LogP contribution is 2.31. The quantitative estimate of drug-likeness (QED) is 0.237. The molecule has 208 valence electrons. The molecule has 1 N–H and O–H groups in total. The van der Waals surface area contributed by atoms with E-state index in [1.807, 2.05) is 24.0 Å². The third kappa shape index (κ3) is 7.33. The Kier molecular flexibility index (Phi) is 9.54. The molecule has 5 rings (SSSR count). The molecule has 8 heteroatoms. The molecule has 0 atom stereocenters. The van der Waals surface area contributed by atoms with Gasteiger partial charge in [0.25, 0.3) is 0 Å². The highest BCUT2D eigenvalue weighted by atomic mass is 32.1. The van der Waals surface area contributed by atoms with E-state index in [1.165, 1.54) is 34.6 Å². The van der Waals surface area contributed by atoms with E-state index in [0.29, 0.717) is 18.2 Å². The van der Waals surface area contributed by atoms with E-state index < -0.39 is 0 Å². The number of rotatable bonds is 10. The molecule has 2 heterocycles. The second kappa shape index (κ2) is 13.7. The third-order valence-electron chi connectivity index (χ3n) is 7.30. The van der Waals surface area contributed by atoms with E-state index in [1.54, 1.807) is 12.1 Å². The molecule has 40 heavy (non-hydrogen) atoms. The maximum Gasteiger partial charge on any atom is 0.323 e. The number of morpholine rings is 1. The van der Waals surface area contributed by atoms with Crippen LogP contribution in [0.2, 0.25) is 0 Å². The number of amides is 2. The van der Waals surface area contributed by atoms with Crippen LogP contribution in [0, 0.1) is 12.7 Å². The molecule has 6 nitrogen and oxygen atoms in total. The van der Waals surface area contributed by atoms with Gasteiger partial charge in [-0.2, -0.15) is 0 Å². The summed E-state index contributed by atoms with van der Waals surface area (Å²) in [6, 6.07) is 27.1. The van der Waals surface area contributed by atoms with Crippen molar-refractivity contribution in [3.05, 3.63) is 107 Å². The van der Waals surface area contributed by atoms with E-state index in [2.05, 4.69) is 63.7 Å². The Labute approximate surface area is 239 Å². The van der Waals surface area contributed by atoms with Crippen LogP contribution in [0.5, 0.6) is 0 Å². The summed E-state index contributed by atoms with van der Waals surface area (Å²) in [5, 5.41) is 3.59. The lowest BCUT2D eigenvalue weighted by Crippen LogP contribution is -2.44. The fourth-order valence-corrected chi connectivity index (χ4v) is 5.90. The first-order valence-electron chi connectivity index (χ1n) is 13.8. The summed E-state index contributed by atoms with van der Waals surface area (Å²) >= 11 is 1.43. The van der Waals surface area contributed by atoms with Gasteiger partial charge >= 0.3 is 6.03 Å². The number of carbonyl (C=O) groups excluding carboxylic acids is 1. The van der Waals surface area contributed by atoms with Crippen LogP contribution in [0.3, 0.4) is 0 Å². The zero-order valence-corrected chi connectivity index (χ0v) is 23.6. The predicted molar refractivity (Wildman–Crippen MR) is 159 cm³/mol. The van der Waals surface area contributed by atoms with Crippen molar-refractivity contribution in [3.8, 4) is 11.3 Å². The van der Waals surface area contributed by atoms with Crippen LogP contribution in [0.25, 0.3) is 11.3 Å². The number of nitrogens with zero attached hydrogens (tertiary/aromatic N) is 3. The summed E-state index contributed by atoms with van der Waals surface area (Å²) < 4.78 is 18.9. The number of hydrogen-bond donors (Lipinski definition) is 1. The summed E-state index contributed by atoms with van der Waals surface area (Å²) in [7, 11) is 0. The van der Waals surface area contributed by atoms with Crippen LogP contribution in [0.4, 0.5) is 14.3 Å². The van der Waals surface area contributed by atoms with Crippen LogP contribution in [0.15, 0.2) is 84.9 Å². The standard InChI is InChI=1S/C32H35FN4O2S/c1-24-30(27-12-14-28(33)15-13-27)34-31(40-24)35-32(38)37(19-18-36-20-22-39-23-21-36)17-16-29(25-8-4-2-5-9-25)26-10-6-3-7-11-26/h2-15,29H,16-23H2,1H3,(H,34,35,38). The average molecular weight is 559 g/mol. The van der Waals surface area contributed by atoms with Gasteiger partial charge in [0.05, 0.1) is 18.9 Å². The molecule has 0 spiro atoms. The lowest BCUT2D eigenvalue weighted by molar-refractivity contribution is 0.0351. The van der Waals surface area contributed by atoms with Gasteiger partial charge in [0.15, 0.2) is 5.13 Å². The number of aryl methyl sites for hydroxylation is 1. The highest BCUT2D eigenvalue weighted by Gasteiger charge is 2.22. The zero-order chi connectivity index (χ0) is 27.7. The number of anilines is 1. The van der Waals surface area contributed by atoms with Crippen molar-refractivity contribution in [2.75, 3.05) is 51.3 Å². The van der Waals surface area contributed by atoms with Gasteiger partial charge in [-0.15, -0.1) is 11.3 Å². The van der Waals surface area contributed by atoms with Gasteiger partial charge in [0, 0.05) is 49.1 Å². The molecule has 0 radical (unpaired) electrons. The first-order valence-corrected chi connectivity index (χ1v) is 14.6. The number of ether oxygens (including phenoxy) is 1. The van der Waals surface area contributed by atoms with Gasteiger partial charge in [0.1, 0.15) is 5.82 Å². The lowest BCUT2D eigenvalue weighted by Gasteiger charge is -2.31. The molecule has 3 aromatic carbocycles. The minimum atomic E-state index is -0.287. The molecule has 4 aromatic rings. The molecular weight excluding hydrogens is 523 g/mol. The topological polar surface area (TPSA) is 57.7 Å². The molecule has 0 saturated carbocycles. The predicted octanol–water partition coefficient (Wildman–Crippen LogP) is 6.65. The van der Waals surface area contributed by atoms with E-state index >= 15 is 0 Å². The Morgan fingerprint density at radius 1 is 0.975 bits per heavy atom. The van der Waals surface area contributed by atoms with Crippen molar-refractivity contribution in [1.29, 1.82) is 0 Å². The fourth-order valence-electron chi connectivity index (χ4n) is 5.08. The van der Waals surface area contributed by atoms with Crippen molar-refractivity contribution in [3.63, 3.8) is 0 Å². The number of halogens is 1. The normalized spacial score (nSPS) is 13.9. The summed E-state index contributed by atoms with van der Waals surface area (Å²) in [5.74, 6) is -0.112. The second-order valence-corrected chi connectivity index (χ2v) is 11.2. The van der Waals surface area contributed by atoms with Crippen LogP contribution in [-0.2, 0) is 4.74 Å². The molecule has 2 amide bonds. The van der Waals surface area contributed by atoms with E-state index in [0.717, 1.165) is 55.4 Å². The van der Waals surface area contributed by atoms with Crippen molar-refractivity contribution >= 4 is 22.5 Å². The van der Waals surface area contributed by atoms with Crippen LogP contribution in [-0.4, -0.2) is 66.8 Å². The number of urea groups is 1. The fraction of sp³-hybridized carbons (Fsp3) is 0.312. The number of hydrogen-bond acceptors (Lipinski definition) is 5. The number of carbonyl (C=O) groups is 1. The Hall–Kier alpha value is -3.59. The van der Waals surface area contributed by atoms with E-state index in [4.69, 9.17) is 4.74 Å². The van der Waals surface area contributed by atoms with Gasteiger partial charge in [-0.3, -0.25) is 10.2 Å². The summed E-state index contributed by atoms with van der Waals surface area (Å²) in [6.07, 6.45) is 0.794. The zero-order valence-electron chi connectivity index (χ0n) is 22.8. The monoisotopic (exact) mass is 558 g/mol. The Balaban J connectivity index is 1.32. The maximum absolute atomic E-state index is 13.7. The van der Waals surface area contributed by atoms with Crippen molar-refractivity contribution < 1.29 is 13.9 Å². The van der Waals surface area contributed by atoms with Gasteiger partial charge in [0.2, 0.25) is 0 Å². The highest BCUT2D eigenvalue weighted by molar-refractivity contribution is 7.16. The van der Waals surface area contributed by atoms with E-state index in [9.17, 15) is 9.18 Å². The largest absolute Gasteiger partial charge is 0.379 e. The number of aromatic nitrogens is 1. The summed E-state index contributed by atoms with van der Waals surface area (Å²) in [6.45, 7) is 7.15. The van der Waals surface area contributed by atoms with Gasteiger partial charge in [-0.05, 0) is 48.7 Å². The summed E-state index contributed by atoms with van der Waals surface area (Å²) in [4.78, 5) is 23.6. The van der Waals surface area contributed by atoms with Crippen LogP contribution >= 0.6 is 11.3 Å². The minimum absolute atomic E-state index is 0.160. The molecule has 1 aliphatic rings. The molecule has 1 fully saturated rings. The smallest absolute Gasteiger partial charge is 0.323 e. The third-order valence-corrected chi connectivity index (χ3v) is 8.18. The van der Waals surface area contributed by atoms with E-state index in [-0.39, 0.29) is 17.8 Å². The first-order chi connectivity index (χ1) is 19.6. The number of nitrogens with one attached hydrogen (secondary N) is 1. The van der Waals surface area contributed by atoms with Crippen LogP contribution < -0.4 is 5.32 Å². The SMILES string of the molecule is Cc1sc(NC(=O)N(CCC(c2ccccc2)c2ccccc2)CCN2CCOCC2)nc1-c1ccc(F)cc1. The molecular formula is C32H35FN4O2S. The Morgan fingerprint density at radius 2 is 1.60 bits per heavy atom. The average Bonchev–Trinajstić information content (AvgIpc) is 3.36. The Morgan fingerprint density at radius 3 is 2.23 bits per heavy atom. The molecule has 1 aromatic heterocycles. The van der Waals surface area contributed by atoms with Crippen LogP contribution in [0.1, 0.15) is 28.3 Å².